The highest BCUT2D eigenvalue weighted by atomic mass is 35.5. The Labute approximate surface area is 220 Å². The van der Waals surface area contributed by atoms with Crippen molar-refractivity contribution in [3.8, 4) is 5.88 Å². The lowest BCUT2D eigenvalue weighted by Gasteiger charge is -2.30. The molecule has 1 amide bonds. The highest BCUT2D eigenvalue weighted by Crippen LogP contribution is 2.38. The Kier molecular flexibility index (Phi) is 8.29. The van der Waals surface area contributed by atoms with E-state index in [0.717, 1.165) is 0 Å². The molecule has 0 spiro atoms. The van der Waals surface area contributed by atoms with Crippen molar-refractivity contribution in [1.82, 2.24) is 24.8 Å². The number of hydrogen-bond acceptors (Lipinski definition) is 7. The van der Waals surface area contributed by atoms with Crippen LogP contribution in [-0.2, 0) is 11.8 Å². The molecule has 0 unspecified atom stereocenters. The zero-order chi connectivity index (χ0) is 26.7. The van der Waals surface area contributed by atoms with Crippen molar-refractivity contribution in [3.05, 3.63) is 34.1 Å². The third kappa shape index (κ3) is 6.19. The highest BCUT2D eigenvalue weighted by Gasteiger charge is 2.41. The van der Waals surface area contributed by atoms with Crippen LogP contribution in [0.25, 0.3) is 11.2 Å². The molecule has 4 rings (SSSR count). The molecule has 1 saturated carbocycles. The SMILES string of the molecule is COCCOc1nc2c(cc1C(=O)N[C@H]1CC[C@H](C(F)(F)F)CC1)nc(Nc1c(Cl)cncc1Cl)n2C. The van der Waals surface area contributed by atoms with Crippen molar-refractivity contribution in [2.24, 2.45) is 13.0 Å². The van der Waals surface area contributed by atoms with Gasteiger partial charge in [-0.15, -0.1) is 0 Å². The molecule has 37 heavy (non-hydrogen) atoms. The Balaban J connectivity index is 1.61. The fourth-order valence-electron chi connectivity index (χ4n) is 4.17. The van der Waals surface area contributed by atoms with Crippen molar-refractivity contribution < 1.29 is 27.4 Å². The zero-order valence-electron chi connectivity index (χ0n) is 20.0. The van der Waals surface area contributed by atoms with Crippen LogP contribution in [0, 0.1) is 5.92 Å². The van der Waals surface area contributed by atoms with Crippen molar-refractivity contribution in [2.45, 2.75) is 37.9 Å². The number of alkyl halides is 3. The summed E-state index contributed by atoms with van der Waals surface area (Å²) in [5.74, 6) is -1.44. The van der Waals surface area contributed by atoms with E-state index in [2.05, 4.69) is 25.6 Å². The van der Waals surface area contributed by atoms with Crippen LogP contribution in [0.4, 0.5) is 24.8 Å². The lowest BCUT2D eigenvalue weighted by molar-refractivity contribution is -0.182. The third-order valence-electron chi connectivity index (χ3n) is 6.20. The second kappa shape index (κ2) is 11.3. The quantitative estimate of drug-likeness (QED) is 0.361. The number of ether oxygens (including phenoxy) is 2. The largest absolute Gasteiger partial charge is 0.475 e. The number of nitrogens with one attached hydrogen (secondary N) is 2. The molecule has 1 aliphatic carbocycles. The molecule has 3 aromatic heterocycles. The molecule has 3 aromatic rings. The Morgan fingerprint density at radius 2 is 1.81 bits per heavy atom. The number of pyridine rings is 2. The minimum absolute atomic E-state index is 0.0294. The van der Waals surface area contributed by atoms with Gasteiger partial charge in [-0.2, -0.15) is 18.2 Å². The average molecular weight is 561 g/mol. The van der Waals surface area contributed by atoms with Gasteiger partial charge in [0.1, 0.15) is 17.7 Å². The maximum absolute atomic E-state index is 13.2. The average Bonchev–Trinajstić information content (AvgIpc) is 3.15. The smallest absolute Gasteiger partial charge is 0.391 e. The van der Waals surface area contributed by atoms with Gasteiger partial charge >= 0.3 is 6.18 Å². The number of aromatic nitrogens is 4. The molecule has 0 aromatic carbocycles. The monoisotopic (exact) mass is 560 g/mol. The number of halogens is 5. The number of anilines is 2. The predicted octanol–water partition coefficient (Wildman–Crippen LogP) is 5.29. The van der Waals surface area contributed by atoms with Gasteiger partial charge in [-0.3, -0.25) is 14.3 Å². The van der Waals surface area contributed by atoms with Crippen LogP contribution in [0.2, 0.25) is 10.0 Å². The Morgan fingerprint density at radius 1 is 1.14 bits per heavy atom. The standard InChI is InChI=1S/C23H25Cl2F3N6O3/c1-34-19-17(31-22(34)32-18-15(24)10-29-11-16(18)25)9-14(21(33-19)37-8-7-36-2)20(35)30-13-5-3-12(4-6-13)23(26,27)28/h9-13H,3-8H2,1-2H3,(H,30,35)(H,29,31,32)/t12-,13-. The summed E-state index contributed by atoms with van der Waals surface area (Å²) in [6.07, 6.45) is -0.947. The summed E-state index contributed by atoms with van der Waals surface area (Å²) in [6.45, 7) is 0.399. The molecule has 9 nitrogen and oxygen atoms in total. The highest BCUT2D eigenvalue weighted by molar-refractivity contribution is 6.39. The van der Waals surface area contributed by atoms with Crippen LogP contribution in [0.5, 0.6) is 5.88 Å². The van der Waals surface area contributed by atoms with Gasteiger partial charge in [-0.25, -0.2) is 4.98 Å². The summed E-state index contributed by atoms with van der Waals surface area (Å²) < 4.78 is 51.4. The van der Waals surface area contributed by atoms with Gasteiger partial charge < -0.3 is 20.1 Å². The van der Waals surface area contributed by atoms with E-state index in [9.17, 15) is 18.0 Å². The molecule has 0 bridgehead atoms. The van der Waals surface area contributed by atoms with E-state index >= 15 is 0 Å². The van der Waals surface area contributed by atoms with E-state index in [1.54, 1.807) is 11.6 Å². The molecule has 0 saturated heterocycles. The molecular weight excluding hydrogens is 536 g/mol. The number of amides is 1. The Bertz CT molecular complexity index is 1260. The minimum atomic E-state index is -4.22. The summed E-state index contributed by atoms with van der Waals surface area (Å²) in [7, 11) is 3.23. The van der Waals surface area contributed by atoms with Gasteiger partial charge in [0.2, 0.25) is 11.8 Å². The lowest BCUT2D eigenvalue weighted by Crippen LogP contribution is -2.40. The number of imidazole rings is 1. The normalized spacial score (nSPS) is 18.1. The van der Waals surface area contributed by atoms with Gasteiger partial charge in [-0.05, 0) is 31.7 Å². The van der Waals surface area contributed by atoms with Crippen molar-refractivity contribution in [2.75, 3.05) is 25.6 Å². The lowest BCUT2D eigenvalue weighted by atomic mass is 9.85. The van der Waals surface area contributed by atoms with E-state index in [1.165, 1.54) is 25.6 Å². The van der Waals surface area contributed by atoms with Gasteiger partial charge in [0.15, 0.2) is 5.65 Å². The molecular formula is C23H25Cl2F3N6O3. The number of carbonyl (C=O) groups is 1. The maximum Gasteiger partial charge on any atom is 0.391 e. The molecule has 200 valence electrons. The van der Waals surface area contributed by atoms with E-state index < -0.39 is 18.0 Å². The number of methoxy groups -OCH3 is 1. The van der Waals surface area contributed by atoms with Crippen LogP contribution in [0.1, 0.15) is 36.0 Å². The van der Waals surface area contributed by atoms with Crippen LogP contribution < -0.4 is 15.4 Å². The van der Waals surface area contributed by atoms with Gasteiger partial charge in [0.25, 0.3) is 5.91 Å². The summed E-state index contributed by atoms with van der Waals surface area (Å²) in [6, 6.07) is 1.15. The van der Waals surface area contributed by atoms with Crippen molar-refractivity contribution >= 4 is 51.9 Å². The Hall–Kier alpha value is -2.83. The molecule has 0 radical (unpaired) electrons. The topological polar surface area (TPSA) is 103 Å². The van der Waals surface area contributed by atoms with Crippen LogP contribution >= 0.6 is 23.2 Å². The second-order valence-electron chi connectivity index (χ2n) is 8.69. The molecule has 0 aliphatic heterocycles. The summed E-state index contributed by atoms with van der Waals surface area (Å²) in [5, 5.41) is 6.46. The van der Waals surface area contributed by atoms with E-state index in [-0.39, 0.29) is 66.4 Å². The first-order chi connectivity index (χ1) is 17.6. The second-order valence-corrected chi connectivity index (χ2v) is 9.50. The number of fused-ring (bicyclic) bond motifs is 1. The Morgan fingerprint density at radius 3 is 2.43 bits per heavy atom. The molecule has 14 heteroatoms. The van der Waals surface area contributed by atoms with Crippen molar-refractivity contribution in [1.29, 1.82) is 0 Å². The van der Waals surface area contributed by atoms with Crippen LogP contribution in [-0.4, -0.2) is 58.0 Å². The number of nitrogens with zero attached hydrogens (tertiary/aromatic N) is 4. The molecule has 0 atom stereocenters. The predicted molar refractivity (Wildman–Crippen MR) is 133 cm³/mol. The first kappa shape index (κ1) is 27.2. The first-order valence-electron chi connectivity index (χ1n) is 11.5. The van der Waals surface area contributed by atoms with Crippen molar-refractivity contribution in [3.63, 3.8) is 0 Å². The molecule has 1 fully saturated rings. The molecule has 1 aliphatic rings. The van der Waals surface area contributed by atoms with Crippen LogP contribution in [0.15, 0.2) is 18.5 Å². The fraction of sp³-hybridized carbons (Fsp3) is 0.478. The first-order valence-corrected chi connectivity index (χ1v) is 12.3. The maximum atomic E-state index is 13.2. The number of aryl methyl sites for hydroxylation is 1. The van der Waals surface area contributed by atoms with E-state index in [0.29, 0.717) is 22.8 Å². The van der Waals surface area contributed by atoms with Gasteiger partial charge in [0.05, 0.1) is 28.3 Å². The third-order valence-corrected chi connectivity index (χ3v) is 6.77. The van der Waals surface area contributed by atoms with Gasteiger partial charge in [0, 0.05) is 32.6 Å². The molecule has 2 N–H and O–H groups in total. The summed E-state index contributed by atoms with van der Waals surface area (Å²) >= 11 is 12.4. The number of rotatable bonds is 8. The molecule has 3 heterocycles. The van der Waals surface area contributed by atoms with Gasteiger partial charge in [-0.1, -0.05) is 23.2 Å². The number of hydrogen-bond donors (Lipinski definition) is 2. The zero-order valence-corrected chi connectivity index (χ0v) is 21.5. The van der Waals surface area contributed by atoms with Crippen LogP contribution in [0.3, 0.4) is 0 Å². The minimum Gasteiger partial charge on any atom is -0.475 e. The summed E-state index contributed by atoms with van der Waals surface area (Å²) in [4.78, 5) is 26.1. The van der Waals surface area contributed by atoms with E-state index in [1.807, 2.05) is 0 Å². The van der Waals surface area contributed by atoms with E-state index in [4.69, 9.17) is 32.7 Å². The fourth-order valence-corrected chi connectivity index (χ4v) is 4.63. The summed E-state index contributed by atoms with van der Waals surface area (Å²) in [5.41, 5.74) is 1.32. The number of carbonyl (C=O) groups excluding carboxylic acids is 1.